The van der Waals surface area contributed by atoms with E-state index in [1.807, 2.05) is 31.2 Å². The molecule has 0 saturated carbocycles. The summed E-state index contributed by atoms with van der Waals surface area (Å²) in [6.45, 7) is 4.54. The maximum atomic E-state index is 12.9. The van der Waals surface area contributed by atoms with Crippen LogP contribution in [0, 0.1) is 0 Å². The first kappa shape index (κ1) is 21.6. The van der Waals surface area contributed by atoms with Crippen LogP contribution in [-0.2, 0) is 14.9 Å². The van der Waals surface area contributed by atoms with Gasteiger partial charge in [-0.25, -0.2) is 0 Å². The van der Waals surface area contributed by atoms with Crippen molar-refractivity contribution in [1.82, 2.24) is 0 Å². The highest BCUT2D eigenvalue weighted by atomic mass is 35.5. The lowest BCUT2D eigenvalue weighted by Gasteiger charge is -2.17. The van der Waals surface area contributed by atoms with E-state index in [2.05, 4.69) is 10.0 Å². The fourth-order valence-corrected chi connectivity index (χ4v) is 5.08. The van der Waals surface area contributed by atoms with Gasteiger partial charge in [0.05, 0.1) is 32.6 Å². The molecule has 1 amide bonds. The van der Waals surface area contributed by atoms with Crippen LogP contribution in [-0.4, -0.2) is 31.1 Å². The van der Waals surface area contributed by atoms with Gasteiger partial charge in [0, 0.05) is 16.5 Å². The second-order valence-corrected chi connectivity index (χ2v) is 9.74. The summed E-state index contributed by atoms with van der Waals surface area (Å²) in [4.78, 5) is 15.9. The summed E-state index contributed by atoms with van der Waals surface area (Å²) in [5.41, 5.74) is 2.43. The summed E-state index contributed by atoms with van der Waals surface area (Å²) in [6.07, 6.45) is 3.63. The summed E-state index contributed by atoms with van der Waals surface area (Å²) < 4.78 is 31.5. The number of hydrogen-bond acceptors (Lipinski definition) is 6. The van der Waals surface area contributed by atoms with Gasteiger partial charge in [0.1, 0.15) is 0 Å². The molecule has 0 spiro atoms. The Kier molecular flexibility index (Phi) is 5.69. The number of benzene rings is 2. The highest BCUT2D eigenvalue weighted by Crippen LogP contribution is 2.46. The van der Waals surface area contributed by atoms with Crippen molar-refractivity contribution in [2.24, 2.45) is 5.10 Å². The van der Waals surface area contributed by atoms with E-state index in [1.165, 1.54) is 29.3 Å². The van der Waals surface area contributed by atoms with Crippen molar-refractivity contribution in [2.75, 3.05) is 16.5 Å². The minimum Gasteiger partial charge on any atom is -0.335 e. The average Bonchev–Trinajstić information content (AvgIpc) is 3.21. The van der Waals surface area contributed by atoms with Crippen LogP contribution in [0.25, 0.3) is 0 Å². The molecule has 0 radical (unpaired) electrons. The topological polar surface area (TPSA) is 90.3 Å². The van der Waals surface area contributed by atoms with Crippen molar-refractivity contribution in [2.45, 2.75) is 23.6 Å². The Bertz CT molecular complexity index is 1270. The van der Waals surface area contributed by atoms with Crippen molar-refractivity contribution in [3.63, 3.8) is 0 Å². The molecule has 31 heavy (non-hydrogen) atoms. The third-order valence-electron chi connectivity index (χ3n) is 4.84. The first-order valence-electron chi connectivity index (χ1n) is 9.33. The normalized spacial score (nSPS) is 18.8. The number of nitrogens with zero attached hydrogens (tertiary/aromatic N) is 3. The first-order valence-corrected chi connectivity index (χ1v) is 12.0. The molecule has 0 atom stereocenters. The van der Waals surface area contributed by atoms with Gasteiger partial charge in [-0.05, 0) is 68.5 Å². The number of hydrazone groups is 1. The third-order valence-corrected chi connectivity index (χ3v) is 7.08. The Morgan fingerprint density at radius 1 is 1.16 bits per heavy atom. The number of amides is 1. The Hall–Kier alpha value is -2.59. The minimum atomic E-state index is -4.30. The molecule has 0 aliphatic carbocycles. The summed E-state index contributed by atoms with van der Waals surface area (Å²) in [5.74, 6) is -0.319. The SMILES string of the molecule is CCN1C(=CC=C2C(=O)N(c3ccc(S(=O)(=O)O)cc3)N=C2C)Sc2ccc(Cl)cc21. The Morgan fingerprint density at radius 3 is 2.52 bits per heavy atom. The predicted molar refractivity (Wildman–Crippen MR) is 123 cm³/mol. The molecule has 0 fully saturated rings. The fraction of sp³-hybridized carbons (Fsp3) is 0.143. The molecule has 2 aromatic carbocycles. The Balaban J connectivity index is 1.60. The molecule has 10 heteroatoms. The van der Waals surface area contributed by atoms with Crippen LogP contribution in [0.1, 0.15) is 13.8 Å². The van der Waals surface area contributed by atoms with Gasteiger partial charge < -0.3 is 4.90 Å². The predicted octanol–water partition coefficient (Wildman–Crippen LogP) is 4.71. The number of hydrogen-bond donors (Lipinski definition) is 1. The molecule has 160 valence electrons. The summed E-state index contributed by atoms with van der Waals surface area (Å²) in [6, 6.07) is 11.0. The molecular weight excluding hydrogens is 458 g/mol. The summed E-state index contributed by atoms with van der Waals surface area (Å²) in [5, 5.41) is 7.16. The van der Waals surface area contributed by atoms with Crippen LogP contribution in [0.5, 0.6) is 0 Å². The van der Waals surface area contributed by atoms with Crippen molar-refractivity contribution in [3.05, 3.63) is 70.2 Å². The number of carbonyl (C=O) groups excluding carboxylic acids is 1. The van der Waals surface area contributed by atoms with Gasteiger partial charge >= 0.3 is 0 Å². The maximum absolute atomic E-state index is 12.9. The van der Waals surface area contributed by atoms with Gasteiger partial charge in [0.25, 0.3) is 16.0 Å². The van der Waals surface area contributed by atoms with Gasteiger partial charge in [-0.2, -0.15) is 18.5 Å². The molecular formula is C21H18ClN3O4S2. The van der Waals surface area contributed by atoms with Crippen molar-refractivity contribution < 1.29 is 17.8 Å². The molecule has 0 unspecified atom stereocenters. The van der Waals surface area contributed by atoms with E-state index >= 15 is 0 Å². The van der Waals surface area contributed by atoms with Crippen LogP contribution < -0.4 is 9.91 Å². The zero-order valence-electron chi connectivity index (χ0n) is 16.6. The molecule has 2 aromatic rings. The van der Waals surface area contributed by atoms with Gasteiger partial charge in [0.15, 0.2) is 0 Å². The monoisotopic (exact) mass is 475 g/mol. The summed E-state index contributed by atoms with van der Waals surface area (Å²) in [7, 11) is -4.30. The third kappa shape index (κ3) is 4.14. The number of carbonyl (C=O) groups is 1. The maximum Gasteiger partial charge on any atom is 0.294 e. The lowest BCUT2D eigenvalue weighted by atomic mass is 10.1. The molecule has 2 aliphatic rings. The van der Waals surface area contributed by atoms with Gasteiger partial charge in [-0.1, -0.05) is 23.4 Å². The standard InChI is InChI=1S/C21H18ClN3O4S2/c1-3-24-18-12-14(22)4-10-19(18)30-20(24)11-9-17-13(2)23-25(21(17)26)15-5-7-16(8-6-15)31(27,28)29/h4-12H,3H2,1-2H3,(H,27,28,29). The van der Waals surface area contributed by atoms with Crippen LogP contribution in [0.15, 0.2) is 80.1 Å². The van der Waals surface area contributed by atoms with Gasteiger partial charge in [-0.3, -0.25) is 9.35 Å². The highest BCUT2D eigenvalue weighted by molar-refractivity contribution is 8.03. The van der Waals surface area contributed by atoms with Crippen molar-refractivity contribution in [1.29, 1.82) is 0 Å². The number of allylic oxidation sites excluding steroid dienone is 2. The van der Waals surface area contributed by atoms with E-state index in [1.54, 1.807) is 24.8 Å². The number of anilines is 2. The second-order valence-electron chi connectivity index (χ2n) is 6.81. The van der Waals surface area contributed by atoms with Crippen LogP contribution in [0.2, 0.25) is 5.02 Å². The average molecular weight is 476 g/mol. The number of halogens is 1. The Morgan fingerprint density at radius 2 is 1.87 bits per heavy atom. The van der Waals surface area contributed by atoms with Crippen LogP contribution >= 0.6 is 23.4 Å². The zero-order valence-corrected chi connectivity index (χ0v) is 19.0. The number of fused-ring (bicyclic) bond motifs is 1. The summed E-state index contributed by atoms with van der Waals surface area (Å²) >= 11 is 7.74. The first-order chi connectivity index (χ1) is 14.7. The van der Waals surface area contributed by atoms with E-state index in [4.69, 9.17) is 16.2 Å². The minimum absolute atomic E-state index is 0.248. The van der Waals surface area contributed by atoms with Crippen molar-refractivity contribution >= 4 is 56.5 Å². The largest absolute Gasteiger partial charge is 0.335 e. The highest BCUT2D eigenvalue weighted by Gasteiger charge is 2.29. The fourth-order valence-electron chi connectivity index (χ4n) is 3.32. The van der Waals surface area contributed by atoms with Crippen molar-refractivity contribution in [3.8, 4) is 0 Å². The van der Waals surface area contributed by atoms with Crippen LogP contribution in [0.4, 0.5) is 11.4 Å². The molecule has 0 aromatic heterocycles. The lowest BCUT2D eigenvalue weighted by molar-refractivity contribution is -0.114. The van der Waals surface area contributed by atoms with E-state index in [-0.39, 0.29) is 10.8 Å². The van der Waals surface area contributed by atoms with E-state index in [0.717, 1.165) is 22.2 Å². The molecule has 2 heterocycles. The quantitative estimate of drug-likeness (QED) is 0.508. The number of rotatable bonds is 4. The molecule has 1 N–H and O–H groups in total. The number of thioether (sulfide) groups is 1. The van der Waals surface area contributed by atoms with Gasteiger partial charge in [-0.15, -0.1) is 0 Å². The second kappa shape index (κ2) is 8.16. The van der Waals surface area contributed by atoms with Gasteiger partial charge in [0.2, 0.25) is 0 Å². The molecule has 7 nitrogen and oxygen atoms in total. The zero-order chi connectivity index (χ0) is 22.3. The lowest BCUT2D eigenvalue weighted by Crippen LogP contribution is -2.21. The molecule has 4 rings (SSSR count). The van der Waals surface area contributed by atoms with E-state index in [9.17, 15) is 13.2 Å². The molecule has 2 aliphatic heterocycles. The smallest absolute Gasteiger partial charge is 0.294 e. The van der Waals surface area contributed by atoms with E-state index in [0.29, 0.717) is 22.0 Å². The molecule has 0 bridgehead atoms. The van der Waals surface area contributed by atoms with E-state index < -0.39 is 10.1 Å². The molecule has 0 saturated heterocycles. The Labute approximate surface area is 189 Å². The van der Waals surface area contributed by atoms with Crippen LogP contribution in [0.3, 0.4) is 0 Å².